The van der Waals surface area contributed by atoms with E-state index in [0.717, 1.165) is 23.5 Å². The van der Waals surface area contributed by atoms with Gasteiger partial charge in [0.25, 0.3) is 0 Å². The summed E-state index contributed by atoms with van der Waals surface area (Å²) in [6.07, 6.45) is 6.86. The summed E-state index contributed by atoms with van der Waals surface area (Å²) < 4.78 is 0. The lowest BCUT2D eigenvalue weighted by Gasteiger charge is -1.93. The normalized spacial score (nSPS) is 9.80. The minimum atomic E-state index is 0.762. The van der Waals surface area contributed by atoms with Crippen molar-refractivity contribution >= 4 is 11.3 Å². The van der Waals surface area contributed by atoms with Crippen LogP contribution in [0.5, 0.6) is 0 Å². The topological polar surface area (TPSA) is 12.9 Å². The number of thiazole rings is 1. The molecule has 1 heterocycles. The molecule has 0 unspecified atom stereocenters. The maximum Gasteiger partial charge on any atom is 0.123 e. The van der Waals surface area contributed by atoms with Crippen LogP contribution in [0.1, 0.15) is 12.1 Å². The summed E-state index contributed by atoms with van der Waals surface area (Å²) in [7, 11) is 0. The zero-order chi connectivity index (χ0) is 10.5. The maximum absolute atomic E-state index is 5.22. The van der Waals surface area contributed by atoms with E-state index in [1.165, 1.54) is 5.56 Å². The van der Waals surface area contributed by atoms with Gasteiger partial charge in [0, 0.05) is 23.8 Å². The molecule has 0 spiro atoms. The van der Waals surface area contributed by atoms with Crippen LogP contribution in [0.3, 0.4) is 0 Å². The van der Waals surface area contributed by atoms with E-state index >= 15 is 0 Å². The molecule has 0 amide bonds. The molecule has 0 aliphatic rings. The first-order chi connectivity index (χ1) is 7.40. The van der Waals surface area contributed by atoms with Gasteiger partial charge in [0.05, 0.1) is 5.69 Å². The number of terminal acetylenes is 1. The third-order valence-electron chi connectivity index (χ3n) is 2.10. The van der Waals surface area contributed by atoms with Crippen LogP contribution in [-0.2, 0) is 6.42 Å². The Morgan fingerprint density at radius 3 is 2.80 bits per heavy atom. The van der Waals surface area contributed by atoms with Gasteiger partial charge in [0.15, 0.2) is 0 Å². The molecule has 0 radical (unpaired) electrons. The lowest BCUT2D eigenvalue weighted by atomic mass is 10.2. The van der Waals surface area contributed by atoms with Crippen molar-refractivity contribution in [1.29, 1.82) is 0 Å². The van der Waals surface area contributed by atoms with Crippen LogP contribution in [0.2, 0.25) is 0 Å². The van der Waals surface area contributed by atoms with Gasteiger partial charge in [0.1, 0.15) is 5.01 Å². The van der Waals surface area contributed by atoms with E-state index < -0.39 is 0 Å². The van der Waals surface area contributed by atoms with Crippen LogP contribution in [0.15, 0.2) is 35.7 Å². The highest BCUT2D eigenvalue weighted by atomic mass is 32.1. The van der Waals surface area contributed by atoms with Crippen molar-refractivity contribution < 1.29 is 0 Å². The van der Waals surface area contributed by atoms with Gasteiger partial charge >= 0.3 is 0 Å². The van der Waals surface area contributed by atoms with Gasteiger partial charge in [-0.05, 0) is 0 Å². The van der Waals surface area contributed by atoms with Crippen LogP contribution in [0.4, 0.5) is 0 Å². The van der Waals surface area contributed by atoms with Crippen LogP contribution in [-0.4, -0.2) is 4.98 Å². The summed E-state index contributed by atoms with van der Waals surface area (Å²) in [4.78, 5) is 4.54. The predicted octanol–water partition coefficient (Wildman–Crippen LogP) is 3.38. The maximum atomic E-state index is 5.22. The number of aryl methyl sites for hydroxylation is 1. The highest BCUT2D eigenvalue weighted by Crippen LogP contribution is 2.23. The van der Waals surface area contributed by atoms with Crippen molar-refractivity contribution in [2.45, 2.75) is 12.8 Å². The third-order valence-corrected chi connectivity index (χ3v) is 3.04. The number of benzene rings is 1. The highest BCUT2D eigenvalue weighted by Gasteiger charge is 2.02. The second-order valence-corrected chi connectivity index (χ2v) is 4.07. The van der Waals surface area contributed by atoms with Crippen molar-refractivity contribution in [3.05, 3.63) is 41.4 Å². The van der Waals surface area contributed by atoms with Crippen LogP contribution in [0, 0.1) is 12.3 Å². The summed E-state index contributed by atoms with van der Waals surface area (Å²) in [5, 5.41) is 3.15. The molecule has 15 heavy (non-hydrogen) atoms. The number of hydrogen-bond acceptors (Lipinski definition) is 2. The second-order valence-electron chi connectivity index (χ2n) is 3.21. The molecule has 0 N–H and O–H groups in total. The van der Waals surface area contributed by atoms with E-state index in [1.54, 1.807) is 11.3 Å². The molecule has 2 aromatic rings. The van der Waals surface area contributed by atoms with Gasteiger partial charge in [-0.15, -0.1) is 23.7 Å². The molecule has 1 aromatic carbocycles. The Balaban J connectivity index is 2.18. The van der Waals surface area contributed by atoms with Crippen molar-refractivity contribution in [2.75, 3.05) is 0 Å². The molecular formula is C13H11NS. The van der Waals surface area contributed by atoms with Crippen molar-refractivity contribution in [2.24, 2.45) is 0 Å². The van der Waals surface area contributed by atoms with Gasteiger partial charge in [-0.25, -0.2) is 4.98 Å². The van der Waals surface area contributed by atoms with E-state index in [-0.39, 0.29) is 0 Å². The van der Waals surface area contributed by atoms with Gasteiger partial charge in [-0.3, -0.25) is 0 Å². The average molecular weight is 213 g/mol. The second kappa shape index (κ2) is 4.77. The zero-order valence-electron chi connectivity index (χ0n) is 8.31. The van der Waals surface area contributed by atoms with Crippen molar-refractivity contribution in [3.63, 3.8) is 0 Å². The number of aromatic nitrogens is 1. The lowest BCUT2D eigenvalue weighted by molar-refractivity contribution is 0.982. The van der Waals surface area contributed by atoms with E-state index in [2.05, 4.69) is 28.4 Å². The summed E-state index contributed by atoms with van der Waals surface area (Å²) in [6, 6.07) is 10.2. The Hall–Kier alpha value is -1.59. The first kappa shape index (κ1) is 9.95. The molecule has 2 rings (SSSR count). The van der Waals surface area contributed by atoms with Gasteiger partial charge in [-0.1, -0.05) is 30.3 Å². The summed E-state index contributed by atoms with van der Waals surface area (Å²) >= 11 is 1.67. The van der Waals surface area contributed by atoms with Crippen molar-refractivity contribution in [3.8, 4) is 22.9 Å². The van der Waals surface area contributed by atoms with Crippen LogP contribution >= 0.6 is 11.3 Å². The molecule has 2 heteroatoms. The molecule has 0 bridgehead atoms. The number of nitrogens with zero attached hydrogens (tertiary/aromatic N) is 1. The minimum Gasteiger partial charge on any atom is -0.241 e. The smallest absolute Gasteiger partial charge is 0.123 e. The first-order valence-corrected chi connectivity index (χ1v) is 5.71. The average Bonchev–Trinajstić information content (AvgIpc) is 2.76. The quantitative estimate of drug-likeness (QED) is 0.712. The summed E-state index contributed by atoms with van der Waals surface area (Å²) in [5.41, 5.74) is 2.27. The molecule has 0 aliphatic heterocycles. The molecule has 0 atom stereocenters. The Labute approximate surface area is 93.8 Å². The molecule has 0 saturated carbocycles. The van der Waals surface area contributed by atoms with E-state index in [0.29, 0.717) is 0 Å². The van der Waals surface area contributed by atoms with Crippen molar-refractivity contribution in [1.82, 2.24) is 4.98 Å². The van der Waals surface area contributed by atoms with Crippen LogP contribution in [0.25, 0.3) is 10.6 Å². The predicted molar refractivity (Wildman–Crippen MR) is 64.7 cm³/mol. The summed E-state index contributed by atoms with van der Waals surface area (Å²) in [5.74, 6) is 2.63. The van der Waals surface area contributed by atoms with Crippen LogP contribution < -0.4 is 0 Å². The molecule has 1 aromatic heterocycles. The Kier molecular flexibility index (Phi) is 3.16. The van der Waals surface area contributed by atoms with E-state index in [4.69, 9.17) is 6.42 Å². The molecule has 0 aliphatic carbocycles. The largest absolute Gasteiger partial charge is 0.241 e. The highest BCUT2D eigenvalue weighted by molar-refractivity contribution is 7.13. The zero-order valence-corrected chi connectivity index (χ0v) is 9.13. The van der Waals surface area contributed by atoms with Gasteiger partial charge in [-0.2, -0.15) is 0 Å². The lowest BCUT2D eigenvalue weighted by Crippen LogP contribution is -1.83. The molecule has 0 saturated heterocycles. The first-order valence-electron chi connectivity index (χ1n) is 4.83. The number of hydrogen-bond donors (Lipinski definition) is 0. The minimum absolute atomic E-state index is 0.762. The summed E-state index contributed by atoms with van der Waals surface area (Å²) in [6.45, 7) is 0. The van der Waals surface area contributed by atoms with E-state index in [9.17, 15) is 0 Å². The molecule has 0 fully saturated rings. The fourth-order valence-corrected chi connectivity index (χ4v) is 2.20. The third kappa shape index (κ3) is 2.45. The number of rotatable bonds is 3. The monoisotopic (exact) mass is 213 g/mol. The van der Waals surface area contributed by atoms with E-state index in [1.807, 2.05) is 18.2 Å². The Bertz CT molecular complexity index is 465. The molecular weight excluding hydrogens is 202 g/mol. The van der Waals surface area contributed by atoms with Gasteiger partial charge < -0.3 is 0 Å². The van der Waals surface area contributed by atoms with Gasteiger partial charge in [0.2, 0.25) is 0 Å². The molecule has 74 valence electrons. The SMILES string of the molecule is C#CCCc1csc(-c2ccccc2)n1. The standard InChI is InChI=1S/C13H11NS/c1-2-3-9-12-10-15-13(14-12)11-7-5-4-6-8-11/h1,4-8,10H,3,9H2. The Morgan fingerprint density at radius 1 is 1.27 bits per heavy atom. The fraction of sp³-hybridized carbons (Fsp3) is 0.154. The Morgan fingerprint density at radius 2 is 2.07 bits per heavy atom. The molecule has 1 nitrogen and oxygen atoms in total. The fourth-order valence-electron chi connectivity index (χ4n) is 1.34.